The molecule has 76 valence electrons. The summed E-state index contributed by atoms with van der Waals surface area (Å²) in [6, 6.07) is 5.30. The fraction of sp³-hybridized carbons (Fsp3) is 0.0909. The fourth-order valence-corrected chi connectivity index (χ4v) is 1.41. The highest BCUT2D eigenvalue weighted by atomic mass is 16.5. The summed E-state index contributed by atoms with van der Waals surface area (Å²) in [5, 5.41) is 0. The standard InChI is InChI=1S/C11H9NO3/c12-10(13)4-2-7-1-3-8-6-15-11(14)9(8)5-7/h1-5H,6H2,(H2,12,13). The number of rotatable bonds is 2. The van der Waals surface area contributed by atoms with Crippen LogP contribution in [-0.4, -0.2) is 11.9 Å². The van der Waals surface area contributed by atoms with E-state index in [1.54, 1.807) is 24.3 Å². The first-order valence-electron chi connectivity index (χ1n) is 4.44. The largest absolute Gasteiger partial charge is 0.457 e. The van der Waals surface area contributed by atoms with Gasteiger partial charge in [-0.3, -0.25) is 4.79 Å². The minimum atomic E-state index is -0.516. The minimum absolute atomic E-state index is 0.320. The van der Waals surface area contributed by atoms with Crippen molar-refractivity contribution in [1.29, 1.82) is 0 Å². The highest BCUT2D eigenvalue weighted by molar-refractivity contribution is 5.95. The molecule has 4 nitrogen and oxygen atoms in total. The molecule has 2 rings (SSSR count). The molecule has 0 radical (unpaired) electrons. The summed E-state index contributed by atoms with van der Waals surface area (Å²) >= 11 is 0. The molecule has 0 bridgehead atoms. The van der Waals surface area contributed by atoms with Crippen molar-refractivity contribution in [3.05, 3.63) is 41.0 Å². The Morgan fingerprint density at radius 1 is 1.47 bits per heavy atom. The van der Waals surface area contributed by atoms with Crippen LogP contribution in [0, 0.1) is 0 Å². The van der Waals surface area contributed by atoms with Gasteiger partial charge >= 0.3 is 5.97 Å². The van der Waals surface area contributed by atoms with Gasteiger partial charge in [0.05, 0.1) is 5.56 Å². The van der Waals surface area contributed by atoms with E-state index in [1.807, 2.05) is 0 Å². The lowest BCUT2D eigenvalue weighted by Crippen LogP contribution is -2.05. The lowest BCUT2D eigenvalue weighted by Gasteiger charge is -1.96. The van der Waals surface area contributed by atoms with Gasteiger partial charge in [-0.1, -0.05) is 12.1 Å². The molecule has 1 heterocycles. The summed E-state index contributed by atoms with van der Waals surface area (Å²) in [5.41, 5.74) is 7.15. The van der Waals surface area contributed by atoms with Crippen LogP contribution in [0.15, 0.2) is 24.3 Å². The first-order chi connectivity index (χ1) is 7.16. The number of nitrogens with two attached hydrogens (primary N) is 1. The van der Waals surface area contributed by atoms with E-state index >= 15 is 0 Å². The van der Waals surface area contributed by atoms with E-state index in [-0.39, 0.29) is 5.97 Å². The number of benzene rings is 1. The minimum Gasteiger partial charge on any atom is -0.457 e. The van der Waals surface area contributed by atoms with Gasteiger partial charge in [-0.15, -0.1) is 0 Å². The molecular formula is C11H9NO3. The van der Waals surface area contributed by atoms with Crippen LogP contribution in [0.1, 0.15) is 21.5 Å². The molecule has 4 heteroatoms. The molecule has 0 aromatic heterocycles. The van der Waals surface area contributed by atoms with Crippen LogP contribution in [0.2, 0.25) is 0 Å². The lowest BCUT2D eigenvalue weighted by atomic mass is 10.1. The number of carbonyl (C=O) groups is 2. The monoisotopic (exact) mass is 203 g/mol. The van der Waals surface area contributed by atoms with E-state index in [0.29, 0.717) is 12.2 Å². The molecule has 0 unspecified atom stereocenters. The number of amides is 1. The number of esters is 1. The maximum atomic E-state index is 11.2. The molecule has 0 atom stereocenters. The number of carbonyl (C=O) groups excluding carboxylic acids is 2. The van der Waals surface area contributed by atoms with Crippen LogP contribution in [-0.2, 0) is 16.1 Å². The Balaban J connectivity index is 2.33. The molecule has 2 N–H and O–H groups in total. The molecule has 0 spiro atoms. The van der Waals surface area contributed by atoms with E-state index in [4.69, 9.17) is 10.5 Å². The summed E-state index contributed by atoms with van der Waals surface area (Å²) in [4.78, 5) is 21.7. The van der Waals surface area contributed by atoms with Gasteiger partial charge in [0.25, 0.3) is 0 Å². The van der Waals surface area contributed by atoms with E-state index in [1.165, 1.54) is 6.08 Å². The summed E-state index contributed by atoms with van der Waals surface area (Å²) in [7, 11) is 0. The highest BCUT2D eigenvalue weighted by Gasteiger charge is 2.20. The van der Waals surface area contributed by atoms with Gasteiger partial charge in [-0.2, -0.15) is 0 Å². The maximum absolute atomic E-state index is 11.2. The zero-order valence-corrected chi connectivity index (χ0v) is 7.90. The van der Waals surface area contributed by atoms with Gasteiger partial charge in [0, 0.05) is 11.6 Å². The van der Waals surface area contributed by atoms with Crippen LogP contribution in [0.25, 0.3) is 6.08 Å². The molecule has 15 heavy (non-hydrogen) atoms. The number of hydrogen-bond acceptors (Lipinski definition) is 3. The van der Waals surface area contributed by atoms with Gasteiger partial charge in [0.1, 0.15) is 6.61 Å². The average molecular weight is 203 g/mol. The number of ether oxygens (including phenoxy) is 1. The van der Waals surface area contributed by atoms with Crippen molar-refractivity contribution in [2.24, 2.45) is 5.73 Å². The van der Waals surface area contributed by atoms with E-state index < -0.39 is 5.91 Å². The van der Waals surface area contributed by atoms with E-state index in [0.717, 1.165) is 11.1 Å². The van der Waals surface area contributed by atoms with Crippen molar-refractivity contribution in [3.63, 3.8) is 0 Å². The average Bonchev–Trinajstić information content (AvgIpc) is 2.57. The van der Waals surface area contributed by atoms with Gasteiger partial charge < -0.3 is 10.5 Å². The summed E-state index contributed by atoms with van der Waals surface area (Å²) in [5.74, 6) is -0.836. The smallest absolute Gasteiger partial charge is 0.338 e. The summed E-state index contributed by atoms with van der Waals surface area (Å²) < 4.78 is 4.85. The number of primary amides is 1. The number of cyclic esters (lactones) is 1. The number of hydrogen-bond donors (Lipinski definition) is 1. The van der Waals surface area contributed by atoms with Crippen LogP contribution in [0.4, 0.5) is 0 Å². The second-order valence-electron chi connectivity index (χ2n) is 3.23. The normalized spacial score (nSPS) is 14.0. The summed E-state index contributed by atoms with van der Waals surface area (Å²) in [6.45, 7) is 0.327. The third-order valence-electron chi connectivity index (χ3n) is 2.15. The molecular weight excluding hydrogens is 194 g/mol. The number of fused-ring (bicyclic) bond motifs is 1. The second-order valence-corrected chi connectivity index (χ2v) is 3.23. The Bertz CT molecular complexity index is 463. The molecule has 0 aliphatic carbocycles. The molecule has 1 amide bonds. The SMILES string of the molecule is NC(=O)C=Cc1ccc2c(c1)C(=O)OC2. The van der Waals surface area contributed by atoms with Crippen molar-refractivity contribution in [1.82, 2.24) is 0 Å². The van der Waals surface area contributed by atoms with Gasteiger partial charge in [-0.25, -0.2) is 4.79 Å². The molecule has 0 fully saturated rings. The fourth-order valence-electron chi connectivity index (χ4n) is 1.41. The van der Waals surface area contributed by atoms with Crippen molar-refractivity contribution < 1.29 is 14.3 Å². The molecule has 1 aliphatic rings. The van der Waals surface area contributed by atoms with Crippen LogP contribution < -0.4 is 5.73 Å². The Morgan fingerprint density at radius 2 is 2.27 bits per heavy atom. The van der Waals surface area contributed by atoms with Crippen molar-refractivity contribution in [3.8, 4) is 0 Å². The molecule has 0 saturated heterocycles. The summed E-state index contributed by atoms with van der Waals surface area (Å²) in [6.07, 6.45) is 2.82. The van der Waals surface area contributed by atoms with Crippen LogP contribution >= 0.6 is 0 Å². The third kappa shape index (κ3) is 1.88. The Kier molecular flexibility index (Phi) is 2.25. The Hall–Kier alpha value is -2.10. The molecule has 0 saturated carbocycles. The third-order valence-corrected chi connectivity index (χ3v) is 2.15. The lowest BCUT2D eigenvalue weighted by molar-refractivity contribution is -0.113. The van der Waals surface area contributed by atoms with Gasteiger partial charge in [0.15, 0.2) is 0 Å². The topological polar surface area (TPSA) is 69.4 Å². The predicted molar refractivity (Wildman–Crippen MR) is 53.8 cm³/mol. The molecule has 1 aliphatic heterocycles. The molecule has 1 aromatic carbocycles. The zero-order valence-electron chi connectivity index (χ0n) is 7.90. The second kappa shape index (κ2) is 3.57. The van der Waals surface area contributed by atoms with E-state index in [2.05, 4.69) is 0 Å². The highest BCUT2D eigenvalue weighted by Crippen LogP contribution is 2.21. The Morgan fingerprint density at radius 3 is 3.00 bits per heavy atom. The van der Waals surface area contributed by atoms with Gasteiger partial charge in [0.2, 0.25) is 5.91 Å². The first-order valence-corrected chi connectivity index (χ1v) is 4.44. The van der Waals surface area contributed by atoms with E-state index in [9.17, 15) is 9.59 Å². The quantitative estimate of drug-likeness (QED) is 0.572. The van der Waals surface area contributed by atoms with Crippen LogP contribution in [0.3, 0.4) is 0 Å². The van der Waals surface area contributed by atoms with Crippen LogP contribution in [0.5, 0.6) is 0 Å². The maximum Gasteiger partial charge on any atom is 0.338 e. The van der Waals surface area contributed by atoms with Crippen molar-refractivity contribution in [2.45, 2.75) is 6.61 Å². The van der Waals surface area contributed by atoms with Crippen molar-refractivity contribution in [2.75, 3.05) is 0 Å². The zero-order chi connectivity index (χ0) is 10.8. The van der Waals surface area contributed by atoms with Crippen molar-refractivity contribution >= 4 is 18.0 Å². The Labute approximate surface area is 86.3 Å². The van der Waals surface area contributed by atoms with Gasteiger partial charge in [-0.05, 0) is 17.7 Å². The molecule has 1 aromatic rings. The predicted octanol–water partition coefficient (Wildman–Crippen LogP) is 0.856. The first kappa shape index (κ1) is 9.45.